The van der Waals surface area contributed by atoms with Crippen molar-refractivity contribution in [3.8, 4) is 11.5 Å². The van der Waals surface area contributed by atoms with Crippen LogP contribution in [0.4, 0.5) is 0 Å². The molecule has 1 saturated heterocycles. The molecule has 22 heavy (non-hydrogen) atoms. The van der Waals surface area contributed by atoms with Gasteiger partial charge in [-0.25, -0.2) is 0 Å². The molecule has 0 unspecified atom stereocenters. The first-order valence-corrected chi connectivity index (χ1v) is 7.22. The number of amides is 1. The van der Waals surface area contributed by atoms with E-state index in [9.17, 15) is 4.79 Å². The van der Waals surface area contributed by atoms with Crippen LogP contribution in [0, 0.1) is 0 Å². The molecule has 1 aliphatic heterocycles. The Morgan fingerprint density at radius 3 is 2.41 bits per heavy atom. The summed E-state index contributed by atoms with van der Waals surface area (Å²) < 4.78 is 10.6. The van der Waals surface area contributed by atoms with E-state index in [4.69, 9.17) is 9.47 Å². The second-order valence-corrected chi connectivity index (χ2v) is 5.42. The fourth-order valence-corrected chi connectivity index (χ4v) is 2.67. The average molecular weight is 304 g/mol. The van der Waals surface area contributed by atoms with Gasteiger partial charge in [-0.05, 0) is 13.1 Å². The molecule has 1 aromatic carbocycles. The van der Waals surface area contributed by atoms with E-state index in [0.717, 1.165) is 37.1 Å². The maximum Gasteiger partial charge on any atom is 0.275 e. The number of benzene rings is 1. The third kappa shape index (κ3) is 2.48. The molecule has 0 bridgehead atoms. The molecule has 2 heterocycles. The molecule has 0 atom stereocenters. The monoisotopic (exact) mass is 304 g/mol. The molecule has 1 aromatic heterocycles. The zero-order chi connectivity index (χ0) is 15.7. The number of fused-ring (bicyclic) bond motifs is 1. The number of carbonyl (C=O) groups excluding carboxylic acids is 1. The minimum Gasteiger partial charge on any atom is -0.493 e. The lowest BCUT2D eigenvalue weighted by molar-refractivity contribution is 0.0660. The molecule has 1 amide bonds. The van der Waals surface area contributed by atoms with E-state index in [1.54, 1.807) is 26.4 Å². The maximum atomic E-state index is 12.7. The van der Waals surface area contributed by atoms with E-state index < -0.39 is 0 Å². The molecule has 2 aromatic rings. The predicted molar refractivity (Wildman–Crippen MR) is 82.6 cm³/mol. The van der Waals surface area contributed by atoms with Crippen LogP contribution < -0.4 is 9.47 Å². The van der Waals surface area contributed by atoms with Crippen molar-refractivity contribution in [3.05, 3.63) is 17.8 Å². The normalized spacial score (nSPS) is 16.0. The summed E-state index contributed by atoms with van der Waals surface area (Å²) >= 11 is 0. The SMILES string of the molecule is COc1cc2[nH]nc(C(=O)N3CCN(C)CC3)c2cc1OC. The van der Waals surface area contributed by atoms with Crippen LogP contribution in [0.3, 0.4) is 0 Å². The van der Waals surface area contributed by atoms with Crippen molar-refractivity contribution in [3.63, 3.8) is 0 Å². The first-order valence-electron chi connectivity index (χ1n) is 7.22. The Morgan fingerprint density at radius 2 is 1.77 bits per heavy atom. The zero-order valence-corrected chi connectivity index (χ0v) is 13.0. The quantitative estimate of drug-likeness (QED) is 0.915. The van der Waals surface area contributed by atoms with Crippen molar-refractivity contribution in [2.75, 3.05) is 47.4 Å². The van der Waals surface area contributed by atoms with E-state index in [1.807, 2.05) is 4.90 Å². The van der Waals surface area contributed by atoms with Crippen LogP contribution in [0.2, 0.25) is 0 Å². The number of ether oxygens (including phenoxy) is 2. The summed E-state index contributed by atoms with van der Waals surface area (Å²) in [6.45, 7) is 3.20. The molecule has 1 N–H and O–H groups in total. The Labute approximate surface area is 128 Å². The third-order valence-corrected chi connectivity index (χ3v) is 4.06. The average Bonchev–Trinajstić information content (AvgIpc) is 2.96. The lowest BCUT2D eigenvalue weighted by Crippen LogP contribution is -2.47. The predicted octanol–water partition coefficient (Wildman–Crippen LogP) is 0.968. The summed E-state index contributed by atoms with van der Waals surface area (Å²) in [5.41, 5.74) is 1.19. The van der Waals surface area contributed by atoms with Crippen molar-refractivity contribution >= 4 is 16.8 Å². The Bertz CT molecular complexity index is 689. The maximum absolute atomic E-state index is 12.7. The minimum absolute atomic E-state index is 0.0495. The summed E-state index contributed by atoms with van der Waals surface area (Å²) in [5.74, 6) is 1.15. The van der Waals surface area contributed by atoms with E-state index >= 15 is 0 Å². The fraction of sp³-hybridized carbons (Fsp3) is 0.467. The topological polar surface area (TPSA) is 70.7 Å². The first-order chi connectivity index (χ1) is 10.6. The number of rotatable bonds is 3. The number of aromatic amines is 1. The van der Waals surface area contributed by atoms with Crippen LogP contribution in [-0.4, -0.2) is 73.4 Å². The Hall–Kier alpha value is -2.28. The van der Waals surface area contributed by atoms with E-state index in [0.29, 0.717) is 17.2 Å². The number of methoxy groups -OCH3 is 2. The number of hydrogen-bond donors (Lipinski definition) is 1. The molecule has 0 spiro atoms. The molecule has 7 heteroatoms. The van der Waals surface area contributed by atoms with Gasteiger partial charge < -0.3 is 19.3 Å². The van der Waals surface area contributed by atoms with Gasteiger partial charge in [0.2, 0.25) is 0 Å². The van der Waals surface area contributed by atoms with Gasteiger partial charge in [0.1, 0.15) is 0 Å². The Balaban J connectivity index is 1.95. The standard InChI is InChI=1S/C15H20N4O3/c1-18-4-6-19(7-5-18)15(20)14-10-8-12(21-2)13(22-3)9-11(10)16-17-14/h8-9H,4-7H2,1-3H3,(H,16,17). The molecular weight excluding hydrogens is 284 g/mol. The number of aromatic nitrogens is 2. The van der Waals surface area contributed by atoms with Crippen molar-refractivity contribution in [1.82, 2.24) is 20.0 Å². The summed E-state index contributed by atoms with van der Waals surface area (Å²) in [5, 5.41) is 7.85. The molecule has 118 valence electrons. The van der Waals surface area contributed by atoms with Crippen LogP contribution in [-0.2, 0) is 0 Å². The van der Waals surface area contributed by atoms with Crippen molar-refractivity contribution in [1.29, 1.82) is 0 Å². The smallest absolute Gasteiger partial charge is 0.275 e. The highest BCUT2D eigenvalue weighted by molar-refractivity contribution is 6.05. The number of carbonyl (C=O) groups is 1. The van der Waals surface area contributed by atoms with Crippen LogP contribution in [0.5, 0.6) is 11.5 Å². The highest BCUT2D eigenvalue weighted by Gasteiger charge is 2.24. The minimum atomic E-state index is -0.0495. The molecule has 1 aliphatic rings. The van der Waals surface area contributed by atoms with Gasteiger partial charge in [-0.15, -0.1) is 0 Å². The van der Waals surface area contributed by atoms with Crippen molar-refractivity contribution < 1.29 is 14.3 Å². The zero-order valence-electron chi connectivity index (χ0n) is 13.0. The Morgan fingerprint density at radius 1 is 1.14 bits per heavy atom. The molecule has 0 aliphatic carbocycles. The molecule has 0 radical (unpaired) electrons. The van der Waals surface area contributed by atoms with Gasteiger partial charge in [-0.2, -0.15) is 5.10 Å². The molecule has 7 nitrogen and oxygen atoms in total. The van der Waals surface area contributed by atoms with Crippen LogP contribution in [0.15, 0.2) is 12.1 Å². The highest BCUT2D eigenvalue weighted by atomic mass is 16.5. The number of piperazine rings is 1. The third-order valence-electron chi connectivity index (χ3n) is 4.06. The van der Waals surface area contributed by atoms with Gasteiger partial charge in [-0.1, -0.05) is 0 Å². The molecule has 3 rings (SSSR count). The highest BCUT2D eigenvalue weighted by Crippen LogP contribution is 2.32. The summed E-state index contributed by atoms with van der Waals surface area (Å²) in [6, 6.07) is 3.59. The van der Waals surface area contributed by atoms with Crippen molar-refractivity contribution in [2.45, 2.75) is 0 Å². The largest absolute Gasteiger partial charge is 0.493 e. The molecule has 1 fully saturated rings. The van der Waals surface area contributed by atoms with E-state index in [-0.39, 0.29) is 5.91 Å². The number of nitrogens with one attached hydrogen (secondary N) is 1. The van der Waals surface area contributed by atoms with Crippen LogP contribution in [0.25, 0.3) is 10.9 Å². The van der Waals surface area contributed by atoms with E-state index in [1.165, 1.54) is 0 Å². The van der Waals surface area contributed by atoms with Gasteiger partial charge in [-0.3, -0.25) is 9.89 Å². The second kappa shape index (κ2) is 5.84. The van der Waals surface area contributed by atoms with Gasteiger partial charge in [0, 0.05) is 37.6 Å². The van der Waals surface area contributed by atoms with Gasteiger partial charge >= 0.3 is 0 Å². The molecule has 0 saturated carbocycles. The van der Waals surface area contributed by atoms with Gasteiger partial charge in [0.15, 0.2) is 17.2 Å². The van der Waals surface area contributed by atoms with Gasteiger partial charge in [0.05, 0.1) is 19.7 Å². The second-order valence-electron chi connectivity index (χ2n) is 5.42. The van der Waals surface area contributed by atoms with Crippen LogP contribution >= 0.6 is 0 Å². The van der Waals surface area contributed by atoms with E-state index in [2.05, 4.69) is 22.1 Å². The number of nitrogens with zero attached hydrogens (tertiary/aromatic N) is 3. The summed E-state index contributed by atoms with van der Waals surface area (Å²) in [6.07, 6.45) is 0. The fourth-order valence-electron chi connectivity index (χ4n) is 2.67. The van der Waals surface area contributed by atoms with Crippen LogP contribution in [0.1, 0.15) is 10.5 Å². The van der Waals surface area contributed by atoms with Crippen molar-refractivity contribution in [2.24, 2.45) is 0 Å². The number of hydrogen-bond acceptors (Lipinski definition) is 5. The lowest BCUT2D eigenvalue weighted by atomic mass is 10.1. The lowest BCUT2D eigenvalue weighted by Gasteiger charge is -2.32. The number of likely N-dealkylation sites (N-methyl/N-ethyl adjacent to an activating group) is 1. The molecular formula is C15H20N4O3. The number of H-pyrrole nitrogens is 1. The summed E-state index contributed by atoms with van der Waals surface area (Å²) in [7, 11) is 5.21. The van der Waals surface area contributed by atoms with Gasteiger partial charge in [0.25, 0.3) is 5.91 Å². The first kappa shape index (κ1) is 14.6. The summed E-state index contributed by atoms with van der Waals surface area (Å²) in [4.78, 5) is 16.7. The Kier molecular flexibility index (Phi) is 3.89.